The van der Waals surface area contributed by atoms with Gasteiger partial charge in [0.2, 0.25) is 0 Å². The van der Waals surface area contributed by atoms with E-state index in [2.05, 4.69) is 20.8 Å². The number of fused-ring (bicyclic) bond motifs is 2. The zero-order valence-corrected chi connectivity index (χ0v) is 16.8. The molecule has 2 aliphatic carbocycles. The summed E-state index contributed by atoms with van der Waals surface area (Å²) in [4.78, 5) is 0. The molecule has 4 fully saturated rings. The molecule has 0 radical (unpaired) electrons. The molecule has 2 saturated carbocycles. The Morgan fingerprint density at radius 2 is 1.81 bits per heavy atom. The predicted molar refractivity (Wildman–Crippen MR) is 97.6 cm³/mol. The summed E-state index contributed by atoms with van der Waals surface area (Å²) in [6.45, 7) is 7.39. The minimum Gasteiger partial charge on any atom is -0.379 e. The molecular formula is C21H36O5. The molecule has 0 aromatic heterocycles. The van der Waals surface area contributed by atoms with Crippen LogP contribution in [0.4, 0.5) is 0 Å². The van der Waals surface area contributed by atoms with Crippen molar-refractivity contribution < 1.29 is 23.7 Å². The SMILES string of the molecule is COC1CC(C(C)C)CC2OC(CC(C)C3CCCC4OCOC43)OC12. The van der Waals surface area contributed by atoms with Crippen molar-refractivity contribution in [2.24, 2.45) is 23.7 Å². The van der Waals surface area contributed by atoms with Crippen molar-refractivity contribution in [3.63, 3.8) is 0 Å². The summed E-state index contributed by atoms with van der Waals surface area (Å²) in [5.41, 5.74) is 0. The Labute approximate surface area is 158 Å². The normalized spacial score (nSPS) is 47.0. The summed E-state index contributed by atoms with van der Waals surface area (Å²) in [6, 6.07) is 0. The lowest BCUT2D eigenvalue weighted by atomic mass is 9.76. The minimum atomic E-state index is -0.105. The average molecular weight is 369 g/mol. The standard InChI is InChI=1S/C21H36O5/c1-12(2)14-9-17(22-4)21-18(10-14)25-19(26-21)8-13(3)15-6-5-7-16-20(15)24-11-23-16/h12-21H,5-11H2,1-4H3. The minimum absolute atomic E-state index is 0.0948. The van der Waals surface area contributed by atoms with E-state index in [1.807, 2.05) is 7.11 Å². The van der Waals surface area contributed by atoms with Crippen LogP contribution in [-0.2, 0) is 23.7 Å². The van der Waals surface area contributed by atoms with Crippen LogP contribution in [0, 0.1) is 23.7 Å². The van der Waals surface area contributed by atoms with Crippen molar-refractivity contribution in [1.29, 1.82) is 0 Å². The third-order valence-electron chi connectivity index (χ3n) is 7.34. The van der Waals surface area contributed by atoms with Crippen molar-refractivity contribution >= 4 is 0 Å². The molecule has 4 rings (SSSR count). The molecule has 0 bridgehead atoms. The van der Waals surface area contributed by atoms with Crippen LogP contribution in [0.1, 0.15) is 59.3 Å². The molecule has 2 heterocycles. The van der Waals surface area contributed by atoms with Crippen LogP contribution < -0.4 is 0 Å². The van der Waals surface area contributed by atoms with Crippen molar-refractivity contribution in [3.05, 3.63) is 0 Å². The second-order valence-electron chi connectivity index (χ2n) is 9.22. The smallest absolute Gasteiger partial charge is 0.158 e. The Balaban J connectivity index is 1.36. The maximum Gasteiger partial charge on any atom is 0.158 e. The Morgan fingerprint density at radius 3 is 2.58 bits per heavy atom. The largest absolute Gasteiger partial charge is 0.379 e. The molecular weight excluding hydrogens is 332 g/mol. The molecule has 0 amide bonds. The van der Waals surface area contributed by atoms with Crippen LogP contribution in [0.25, 0.3) is 0 Å². The third-order valence-corrected chi connectivity index (χ3v) is 7.34. The number of methoxy groups -OCH3 is 1. The second-order valence-corrected chi connectivity index (χ2v) is 9.22. The Hall–Kier alpha value is -0.200. The number of ether oxygens (including phenoxy) is 5. The van der Waals surface area contributed by atoms with E-state index in [4.69, 9.17) is 23.7 Å². The molecule has 26 heavy (non-hydrogen) atoms. The first-order valence-corrected chi connectivity index (χ1v) is 10.6. The topological polar surface area (TPSA) is 46.2 Å². The first-order chi connectivity index (χ1) is 12.6. The average Bonchev–Trinajstić information content (AvgIpc) is 3.26. The maximum atomic E-state index is 6.38. The highest BCUT2D eigenvalue weighted by atomic mass is 16.7. The lowest BCUT2D eigenvalue weighted by Gasteiger charge is -2.37. The summed E-state index contributed by atoms with van der Waals surface area (Å²) in [7, 11) is 1.81. The van der Waals surface area contributed by atoms with Gasteiger partial charge in [-0.05, 0) is 49.4 Å². The lowest BCUT2D eigenvalue weighted by molar-refractivity contribution is -0.107. The summed E-state index contributed by atoms with van der Waals surface area (Å²) < 4.78 is 30.1. The third kappa shape index (κ3) is 3.70. The van der Waals surface area contributed by atoms with Gasteiger partial charge in [-0.2, -0.15) is 0 Å². The molecule has 0 N–H and O–H groups in total. The molecule has 2 aliphatic heterocycles. The van der Waals surface area contributed by atoms with E-state index in [1.165, 1.54) is 12.8 Å². The highest BCUT2D eigenvalue weighted by molar-refractivity contribution is 4.94. The summed E-state index contributed by atoms with van der Waals surface area (Å²) in [5, 5.41) is 0. The molecule has 2 saturated heterocycles. The molecule has 150 valence electrons. The number of hydrogen-bond donors (Lipinski definition) is 0. The summed E-state index contributed by atoms with van der Waals surface area (Å²) in [6.07, 6.45) is 7.61. The first-order valence-electron chi connectivity index (χ1n) is 10.6. The van der Waals surface area contributed by atoms with Crippen LogP contribution >= 0.6 is 0 Å². The number of hydrogen-bond acceptors (Lipinski definition) is 5. The molecule has 0 aromatic rings. The fourth-order valence-corrected chi connectivity index (χ4v) is 5.66. The van der Waals surface area contributed by atoms with E-state index < -0.39 is 0 Å². The second kappa shape index (κ2) is 8.04. The van der Waals surface area contributed by atoms with Crippen LogP contribution in [0.5, 0.6) is 0 Å². The first kappa shape index (κ1) is 19.1. The van der Waals surface area contributed by atoms with Crippen molar-refractivity contribution in [1.82, 2.24) is 0 Å². The molecule has 5 heteroatoms. The quantitative estimate of drug-likeness (QED) is 0.740. The van der Waals surface area contributed by atoms with E-state index in [9.17, 15) is 0 Å². The van der Waals surface area contributed by atoms with Crippen LogP contribution in [0.15, 0.2) is 0 Å². The lowest BCUT2D eigenvalue weighted by Crippen LogP contribution is -2.44. The van der Waals surface area contributed by atoms with Gasteiger partial charge in [0.15, 0.2) is 6.29 Å². The maximum absolute atomic E-state index is 6.38. The van der Waals surface area contributed by atoms with Gasteiger partial charge < -0.3 is 23.7 Å². The van der Waals surface area contributed by atoms with E-state index in [0.717, 1.165) is 25.7 Å². The van der Waals surface area contributed by atoms with Gasteiger partial charge in [0.05, 0.1) is 24.4 Å². The molecule has 9 atom stereocenters. The van der Waals surface area contributed by atoms with Gasteiger partial charge in [-0.1, -0.05) is 27.2 Å². The zero-order valence-electron chi connectivity index (χ0n) is 16.8. The van der Waals surface area contributed by atoms with Gasteiger partial charge in [-0.15, -0.1) is 0 Å². The molecule has 9 unspecified atom stereocenters. The molecule has 0 aromatic carbocycles. The zero-order chi connectivity index (χ0) is 18.3. The molecule has 0 spiro atoms. The highest BCUT2D eigenvalue weighted by Gasteiger charge is 2.48. The van der Waals surface area contributed by atoms with Crippen molar-refractivity contribution in [2.75, 3.05) is 13.9 Å². The number of rotatable bonds is 5. The monoisotopic (exact) mass is 368 g/mol. The van der Waals surface area contributed by atoms with Gasteiger partial charge in [-0.3, -0.25) is 0 Å². The Kier molecular flexibility index (Phi) is 5.92. The predicted octanol–water partition coefficient (Wildman–Crippen LogP) is 3.75. The Morgan fingerprint density at radius 1 is 0.962 bits per heavy atom. The Bertz CT molecular complexity index is 469. The highest BCUT2D eigenvalue weighted by Crippen LogP contribution is 2.43. The molecule has 4 aliphatic rings. The van der Waals surface area contributed by atoms with Crippen LogP contribution in [0.2, 0.25) is 0 Å². The van der Waals surface area contributed by atoms with Gasteiger partial charge in [0.25, 0.3) is 0 Å². The van der Waals surface area contributed by atoms with Crippen LogP contribution in [0.3, 0.4) is 0 Å². The van der Waals surface area contributed by atoms with E-state index >= 15 is 0 Å². The van der Waals surface area contributed by atoms with E-state index in [-0.39, 0.29) is 30.7 Å². The van der Waals surface area contributed by atoms with Crippen molar-refractivity contribution in [3.8, 4) is 0 Å². The van der Waals surface area contributed by atoms with Gasteiger partial charge in [-0.25, -0.2) is 0 Å². The molecule has 5 nitrogen and oxygen atoms in total. The van der Waals surface area contributed by atoms with Gasteiger partial charge in [0.1, 0.15) is 12.9 Å². The van der Waals surface area contributed by atoms with Gasteiger partial charge >= 0.3 is 0 Å². The fourth-order valence-electron chi connectivity index (χ4n) is 5.66. The van der Waals surface area contributed by atoms with Crippen LogP contribution in [-0.4, -0.2) is 50.7 Å². The van der Waals surface area contributed by atoms with Crippen molar-refractivity contribution in [2.45, 2.75) is 96.1 Å². The summed E-state index contributed by atoms with van der Waals surface area (Å²) in [5.74, 6) is 2.38. The fraction of sp³-hybridized carbons (Fsp3) is 1.00. The van der Waals surface area contributed by atoms with Gasteiger partial charge in [0, 0.05) is 13.5 Å². The van der Waals surface area contributed by atoms with E-state index in [0.29, 0.717) is 36.6 Å². The van der Waals surface area contributed by atoms with E-state index in [1.54, 1.807) is 0 Å². The summed E-state index contributed by atoms with van der Waals surface area (Å²) >= 11 is 0.